The van der Waals surface area contributed by atoms with Gasteiger partial charge in [-0.25, -0.2) is 4.98 Å². The molecule has 1 heterocycles. The van der Waals surface area contributed by atoms with Gasteiger partial charge in [-0.1, -0.05) is 6.07 Å². The molecule has 17 heavy (non-hydrogen) atoms. The average molecular weight is 229 g/mol. The van der Waals surface area contributed by atoms with E-state index < -0.39 is 0 Å². The minimum atomic E-state index is -0.0754. The summed E-state index contributed by atoms with van der Waals surface area (Å²) < 4.78 is 5.69. The third-order valence-electron chi connectivity index (χ3n) is 2.43. The van der Waals surface area contributed by atoms with Crippen LogP contribution in [-0.2, 0) is 6.61 Å². The van der Waals surface area contributed by atoms with Crippen molar-refractivity contribution >= 4 is 0 Å². The fourth-order valence-electron chi connectivity index (χ4n) is 1.74. The van der Waals surface area contributed by atoms with Gasteiger partial charge in [0.05, 0.1) is 6.61 Å². The Morgan fingerprint density at radius 3 is 2.53 bits per heavy atom. The van der Waals surface area contributed by atoms with E-state index in [1.807, 2.05) is 26.0 Å². The maximum Gasteiger partial charge on any atom is 0.224 e. The number of aryl methyl sites for hydroxylation is 2. The SMILES string of the molecule is Cc1cc(C)cc(Oc2ncccc2CO)c1. The zero-order valence-electron chi connectivity index (χ0n) is 9.97. The van der Waals surface area contributed by atoms with Crippen LogP contribution in [0.3, 0.4) is 0 Å². The van der Waals surface area contributed by atoms with Gasteiger partial charge in [-0.3, -0.25) is 0 Å². The molecule has 0 spiro atoms. The molecule has 88 valence electrons. The Morgan fingerprint density at radius 1 is 1.18 bits per heavy atom. The van der Waals surface area contributed by atoms with Crippen molar-refractivity contribution in [2.75, 3.05) is 0 Å². The predicted octanol–water partition coefficient (Wildman–Crippen LogP) is 2.98. The van der Waals surface area contributed by atoms with E-state index in [1.54, 1.807) is 18.3 Å². The Balaban J connectivity index is 2.31. The Hall–Kier alpha value is -1.87. The largest absolute Gasteiger partial charge is 0.439 e. The molecule has 1 N–H and O–H groups in total. The van der Waals surface area contributed by atoms with Gasteiger partial charge in [0.25, 0.3) is 0 Å². The van der Waals surface area contributed by atoms with Crippen molar-refractivity contribution in [3.63, 3.8) is 0 Å². The highest BCUT2D eigenvalue weighted by Gasteiger charge is 2.05. The second-order valence-electron chi connectivity index (χ2n) is 4.05. The van der Waals surface area contributed by atoms with Gasteiger partial charge in [-0.05, 0) is 49.2 Å². The Labute approximate surface area is 101 Å². The lowest BCUT2D eigenvalue weighted by Gasteiger charge is -2.09. The first kappa shape index (κ1) is 11.6. The molecule has 2 rings (SSSR count). The van der Waals surface area contributed by atoms with Gasteiger partial charge >= 0.3 is 0 Å². The van der Waals surface area contributed by atoms with E-state index in [9.17, 15) is 5.11 Å². The minimum Gasteiger partial charge on any atom is -0.439 e. The van der Waals surface area contributed by atoms with Crippen LogP contribution in [0.5, 0.6) is 11.6 Å². The topological polar surface area (TPSA) is 42.4 Å². The Kier molecular flexibility index (Phi) is 3.40. The van der Waals surface area contributed by atoms with Gasteiger partial charge in [0.15, 0.2) is 0 Å². The van der Waals surface area contributed by atoms with Crippen LogP contribution in [-0.4, -0.2) is 10.1 Å². The van der Waals surface area contributed by atoms with Crippen molar-refractivity contribution in [2.24, 2.45) is 0 Å². The predicted molar refractivity (Wildman–Crippen MR) is 66.1 cm³/mol. The highest BCUT2D eigenvalue weighted by Crippen LogP contribution is 2.24. The van der Waals surface area contributed by atoms with Crippen LogP contribution < -0.4 is 4.74 Å². The van der Waals surface area contributed by atoms with E-state index in [2.05, 4.69) is 11.1 Å². The van der Waals surface area contributed by atoms with Crippen LogP contribution in [0.1, 0.15) is 16.7 Å². The first-order valence-corrected chi connectivity index (χ1v) is 5.50. The normalized spacial score (nSPS) is 10.3. The standard InChI is InChI=1S/C14H15NO2/c1-10-6-11(2)8-13(7-10)17-14-12(9-16)4-3-5-15-14/h3-8,16H,9H2,1-2H3. The quantitative estimate of drug-likeness (QED) is 0.879. The van der Waals surface area contributed by atoms with Crippen LogP contribution in [0.15, 0.2) is 36.5 Å². The highest BCUT2D eigenvalue weighted by atomic mass is 16.5. The zero-order valence-corrected chi connectivity index (χ0v) is 9.97. The van der Waals surface area contributed by atoms with Gasteiger partial charge in [-0.2, -0.15) is 0 Å². The smallest absolute Gasteiger partial charge is 0.224 e. The van der Waals surface area contributed by atoms with E-state index in [0.717, 1.165) is 16.9 Å². The number of benzene rings is 1. The molecule has 0 fully saturated rings. The molecule has 0 aliphatic rings. The number of nitrogens with zero attached hydrogens (tertiary/aromatic N) is 1. The fourth-order valence-corrected chi connectivity index (χ4v) is 1.74. The van der Waals surface area contributed by atoms with Gasteiger partial charge in [0, 0.05) is 11.8 Å². The van der Waals surface area contributed by atoms with Gasteiger partial charge in [0.1, 0.15) is 5.75 Å². The molecule has 1 aromatic carbocycles. The van der Waals surface area contributed by atoms with E-state index >= 15 is 0 Å². The molecule has 0 unspecified atom stereocenters. The van der Waals surface area contributed by atoms with Crippen molar-refractivity contribution in [1.82, 2.24) is 4.98 Å². The lowest BCUT2D eigenvalue weighted by atomic mass is 10.1. The summed E-state index contributed by atoms with van der Waals surface area (Å²) in [6, 6.07) is 9.55. The number of aliphatic hydroxyl groups is 1. The molecule has 3 nitrogen and oxygen atoms in total. The van der Waals surface area contributed by atoms with Crippen LogP contribution >= 0.6 is 0 Å². The molecule has 0 bridgehead atoms. The average Bonchev–Trinajstić information content (AvgIpc) is 2.28. The molecule has 0 saturated heterocycles. The van der Waals surface area contributed by atoms with Crippen LogP contribution in [0.25, 0.3) is 0 Å². The van der Waals surface area contributed by atoms with Gasteiger partial charge in [-0.15, -0.1) is 0 Å². The lowest BCUT2D eigenvalue weighted by Crippen LogP contribution is -1.94. The van der Waals surface area contributed by atoms with E-state index in [4.69, 9.17) is 4.74 Å². The van der Waals surface area contributed by atoms with Crippen LogP contribution in [0.4, 0.5) is 0 Å². The fraction of sp³-hybridized carbons (Fsp3) is 0.214. The summed E-state index contributed by atoms with van der Waals surface area (Å²) in [5.41, 5.74) is 2.97. The zero-order chi connectivity index (χ0) is 12.3. The summed E-state index contributed by atoms with van der Waals surface area (Å²) in [7, 11) is 0. The number of hydrogen-bond donors (Lipinski definition) is 1. The van der Waals surface area contributed by atoms with Crippen molar-refractivity contribution in [3.05, 3.63) is 53.2 Å². The monoisotopic (exact) mass is 229 g/mol. The Morgan fingerprint density at radius 2 is 1.88 bits per heavy atom. The summed E-state index contributed by atoms with van der Waals surface area (Å²) in [5, 5.41) is 9.19. The molecule has 0 aliphatic carbocycles. The maximum atomic E-state index is 9.19. The molecule has 0 saturated carbocycles. The van der Waals surface area contributed by atoms with E-state index in [1.165, 1.54) is 0 Å². The molecule has 3 heteroatoms. The number of aliphatic hydroxyl groups excluding tert-OH is 1. The molecule has 0 radical (unpaired) electrons. The summed E-state index contributed by atoms with van der Waals surface area (Å²) in [5.74, 6) is 1.20. The molecule has 2 aromatic rings. The summed E-state index contributed by atoms with van der Waals surface area (Å²) in [4.78, 5) is 4.12. The minimum absolute atomic E-state index is 0.0754. The van der Waals surface area contributed by atoms with Crippen LogP contribution in [0, 0.1) is 13.8 Å². The molecule has 0 amide bonds. The van der Waals surface area contributed by atoms with Gasteiger partial charge < -0.3 is 9.84 Å². The van der Waals surface area contributed by atoms with Crippen LogP contribution in [0.2, 0.25) is 0 Å². The lowest BCUT2D eigenvalue weighted by molar-refractivity contribution is 0.275. The summed E-state index contributed by atoms with van der Waals surface area (Å²) in [6.07, 6.45) is 1.65. The van der Waals surface area contributed by atoms with Crippen molar-refractivity contribution in [1.29, 1.82) is 0 Å². The first-order chi connectivity index (χ1) is 8.19. The number of ether oxygens (including phenoxy) is 1. The summed E-state index contributed by atoms with van der Waals surface area (Å²) in [6.45, 7) is 3.96. The first-order valence-electron chi connectivity index (χ1n) is 5.50. The molecule has 0 atom stereocenters. The highest BCUT2D eigenvalue weighted by molar-refractivity contribution is 5.37. The Bertz CT molecular complexity index is 503. The molecule has 0 aliphatic heterocycles. The van der Waals surface area contributed by atoms with E-state index in [0.29, 0.717) is 11.4 Å². The molecular weight excluding hydrogens is 214 g/mol. The van der Waals surface area contributed by atoms with Gasteiger partial charge in [0.2, 0.25) is 5.88 Å². The third-order valence-corrected chi connectivity index (χ3v) is 2.43. The number of aromatic nitrogens is 1. The van der Waals surface area contributed by atoms with Crippen molar-refractivity contribution < 1.29 is 9.84 Å². The summed E-state index contributed by atoms with van der Waals surface area (Å²) >= 11 is 0. The third kappa shape index (κ3) is 2.82. The number of hydrogen-bond acceptors (Lipinski definition) is 3. The van der Waals surface area contributed by atoms with Crippen molar-refractivity contribution in [2.45, 2.75) is 20.5 Å². The number of rotatable bonds is 3. The number of pyridine rings is 1. The second-order valence-corrected chi connectivity index (χ2v) is 4.05. The van der Waals surface area contributed by atoms with E-state index in [-0.39, 0.29) is 6.61 Å². The maximum absolute atomic E-state index is 9.19. The van der Waals surface area contributed by atoms with Crippen molar-refractivity contribution in [3.8, 4) is 11.6 Å². The second kappa shape index (κ2) is 4.97. The molecule has 1 aromatic heterocycles. The molecular formula is C14H15NO2.